The summed E-state index contributed by atoms with van der Waals surface area (Å²) in [5.74, 6) is 0.815. The van der Waals surface area contributed by atoms with E-state index in [-0.39, 0.29) is 11.3 Å². The predicted molar refractivity (Wildman–Crippen MR) is 100 cm³/mol. The van der Waals surface area contributed by atoms with Gasteiger partial charge in [-0.2, -0.15) is 13.2 Å². The molecule has 4 aliphatic rings. The van der Waals surface area contributed by atoms with Crippen LogP contribution in [-0.4, -0.2) is 58.7 Å². The van der Waals surface area contributed by atoms with Crippen molar-refractivity contribution in [2.24, 2.45) is 17.3 Å². The molecule has 0 bridgehead atoms. The minimum atomic E-state index is -4.54. The van der Waals surface area contributed by atoms with E-state index in [1.165, 1.54) is 4.68 Å². The van der Waals surface area contributed by atoms with Crippen LogP contribution in [-0.2, 0) is 21.6 Å². The van der Waals surface area contributed by atoms with Gasteiger partial charge in [0.05, 0.1) is 17.0 Å². The van der Waals surface area contributed by atoms with E-state index in [1.54, 1.807) is 0 Å². The average Bonchev–Trinajstić information content (AvgIpc) is 3.01. The molecule has 2 saturated heterocycles. The van der Waals surface area contributed by atoms with Crippen LogP contribution in [0.15, 0.2) is 0 Å². The highest BCUT2D eigenvalue weighted by atomic mass is 32.2. The Kier molecular flexibility index (Phi) is 3.92. The van der Waals surface area contributed by atoms with Crippen LogP contribution in [0.2, 0.25) is 0 Å². The number of rotatable bonds is 2. The van der Waals surface area contributed by atoms with E-state index < -0.39 is 27.4 Å². The first-order chi connectivity index (χ1) is 13.3. The summed E-state index contributed by atoms with van der Waals surface area (Å²) in [4.78, 5) is 6.35. The van der Waals surface area contributed by atoms with Gasteiger partial charge in [0.25, 0.3) is 5.82 Å². The monoisotopic (exact) mass is 432 g/mol. The van der Waals surface area contributed by atoms with Gasteiger partial charge < -0.3 is 0 Å². The highest BCUT2D eigenvalue weighted by molar-refractivity contribution is 7.92. The molecule has 3 heterocycles. The fourth-order valence-corrected chi connectivity index (χ4v) is 8.31. The Labute approximate surface area is 168 Å². The normalized spacial score (nSPS) is 35.7. The lowest BCUT2D eigenvalue weighted by atomic mass is 9.91. The Morgan fingerprint density at radius 3 is 2.24 bits per heavy atom. The minimum absolute atomic E-state index is 0.0426. The van der Waals surface area contributed by atoms with Crippen LogP contribution in [0.4, 0.5) is 13.2 Å². The number of aromatic nitrogens is 3. The van der Waals surface area contributed by atoms with Crippen LogP contribution >= 0.6 is 0 Å². The van der Waals surface area contributed by atoms with Gasteiger partial charge in [-0.3, -0.25) is 4.90 Å². The molecule has 29 heavy (non-hydrogen) atoms. The van der Waals surface area contributed by atoms with Crippen molar-refractivity contribution in [3.63, 3.8) is 0 Å². The standard InChI is InChI=1S/C19H27F3N4O2S/c1-17(2,3)26-15(23-16(24-26)19(20,21)22)14-12-6-11(7-13(12)14)25-5-4-18(8-25)9-29(27,28)10-18/h11-14H,4-10H2,1-3H3/t11-,12+,13-,14-. The minimum Gasteiger partial charge on any atom is -0.300 e. The molecular formula is C19H27F3N4O2S. The molecule has 1 aromatic rings. The van der Waals surface area contributed by atoms with E-state index in [0.717, 1.165) is 32.4 Å². The van der Waals surface area contributed by atoms with Crippen LogP contribution in [0.3, 0.4) is 0 Å². The Bertz CT molecular complexity index is 926. The summed E-state index contributed by atoms with van der Waals surface area (Å²) in [5, 5.41) is 3.80. The molecule has 162 valence electrons. The molecule has 5 rings (SSSR count). The maximum atomic E-state index is 13.2. The van der Waals surface area contributed by atoms with Crippen LogP contribution in [0.25, 0.3) is 0 Å². The van der Waals surface area contributed by atoms with Gasteiger partial charge in [-0.15, -0.1) is 5.10 Å². The molecule has 4 fully saturated rings. The van der Waals surface area contributed by atoms with Crippen LogP contribution < -0.4 is 0 Å². The zero-order chi connectivity index (χ0) is 21.0. The molecular weight excluding hydrogens is 405 g/mol. The molecule has 0 amide bonds. The SMILES string of the molecule is CC(C)(C)n1nc(C(F)(F)F)nc1[C@H]1[C@@H]2C[C@H](N3CCC4(C3)CS(=O)(=O)C4)C[C@@H]21. The second kappa shape index (κ2) is 5.75. The Balaban J connectivity index is 1.28. The van der Waals surface area contributed by atoms with E-state index in [2.05, 4.69) is 15.0 Å². The van der Waals surface area contributed by atoms with Gasteiger partial charge in [0, 0.05) is 23.9 Å². The maximum Gasteiger partial charge on any atom is 0.453 e. The number of hydrogen-bond acceptors (Lipinski definition) is 5. The Hall–Kier alpha value is -1.16. The molecule has 4 atom stereocenters. The summed E-state index contributed by atoms with van der Waals surface area (Å²) in [6, 6.07) is 0.414. The van der Waals surface area contributed by atoms with E-state index in [9.17, 15) is 21.6 Å². The zero-order valence-corrected chi connectivity index (χ0v) is 17.7. The summed E-state index contributed by atoms with van der Waals surface area (Å²) < 4.78 is 64.2. The zero-order valence-electron chi connectivity index (χ0n) is 16.9. The lowest BCUT2D eigenvalue weighted by Crippen LogP contribution is -2.50. The Morgan fingerprint density at radius 2 is 1.72 bits per heavy atom. The van der Waals surface area contributed by atoms with Gasteiger partial charge in [-0.25, -0.2) is 18.1 Å². The first-order valence-corrected chi connectivity index (χ1v) is 12.1. The van der Waals surface area contributed by atoms with Crippen molar-refractivity contribution in [2.45, 2.75) is 63.7 Å². The average molecular weight is 433 g/mol. The Morgan fingerprint density at radius 1 is 1.10 bits per heavy atom. The molecule has 2 saturated carbocycles. The number of hydrogen-bond donors (Lipinski definition) is 0. The van der Waals surface area contributed by atoms with Crippen molar-refractivity contribution in [1.29, 1.82) is 0 Å². The number of alkyl halides is 3. The molecule has 0 aromatic carbocycles. The van der Waals surface area contributed by atoms with Crippen molar-refractivity contribution in [3.05, 3.63) is 11.6 Å². The van der Waals surface area contributed by atoms with E-state index in [4.69, 9.17) is 0 Å². The highest BCUT2D eigenvalue weighted by Gasteiger charge is 2.62. The van der Waals surface area contributed by atoms with Crippen LogP contribution in [0.5, 0.6) is 0 Å². The van der Waals surface area contributed by atoms with Crippen LogP contribution in [0.1, 0.15) is 57.6 Å². The van der Waals surface area contributed by atoms with Crippen LogP contribution in [0, 0.1) is 17.3 Å². The van der Waals surface area contributed by atoms with Gasteiger partial charge in [0.2, 0.25) is 0 Å². The maximum absolute atomic E-state index is 13.2. The third-order valence-electron chi connectivity index (χ3n) is 7.28. The molecule has 0 radical (unpaired) electrons. The summed E-state index contributed by atoms with van der Waals surface area (Å²) in [5.41, 5.74) is -0.599. The smallest absolute Gasteiger partial charge is 0.300 e. The molecule has 0 unspecified atom stereocenters. The number of nitrogens with zero attached hydrogens (tertiary/aromatic N) is 4. The fourth-order valence-electron chi connectivity index (χ4n) is 6.05. The molecule has 2 aliphatic heterocycles. The van der Waals surface area contributed by atoms with Gasteiger partial charge >= 0.3 is 6.18 Å². The molecule has 2 aliphatic carbocycles. The first-order valence-electron chi connectivity index (χ1n) is 10.3. The molecule has 1 aromatic heterocycles. The molecule has 10 heteroatoms. The third-order valence-corrected chi connectivity index (χ3v) is 9.38. The van der Waals surface area contributed by atoms with Crippen molar-refractivity contribution >= 4 is 9.84 Å². The quantitative estimate of drug-likeness (QED) is 0.719. The molecule has 6 nitrogen and oxygen atoms in total. The van der Waals surface area contributed by atoms with Crippen molar-refractivity contribution < 1.29 is 21.6 Å². The number of fused-ring (bicyclic) bond motifs is 1. The lowest BCUT2D eigenvalue weighted by Gasteiger charge is -2.38. The molecule has 0 N–H and O–H groups in total. The van der Waals surface area contributed by atoms with Gasteiger partial charge in [0.15, 0.2) is 9.84 Å². The largest absolute Gasteiger partial charge is 0.453 e. The van der Waals surface area contributed by atoms with Gasteiger partial charge in [0.1, 0.15) is 5.82 Å². The highest BCUT2D eigenvalue weighted by Crippen LogP contribution is 2.64. The second-order valence-corrected chi connectivity index (χ2v) is 12.7. The number of halogens is 3. The second-order valence-electron chi connectivity index (χ2n) is 10.6. The van der Waals surface area contributed by atoms with Crippen molar-refractivity contribution in [2.75, 3.05) is 24.6 Å². The molecule has 1 spiro atoms. The topological polar surface area (TPSA) is 68.1 Å². The van der Waals surface area contributed by atoms with Gasteiger partial charge in [-0.1, -0.05) is 0 Å². The summed E-state index contributed by atoms with van der Waals surface area (Å²) in [6.07, 6.45) is -1.69. The van der Waals surface area contributed by atoms with E-state index in [1.807, 2.05) is 20.8 Å². The van der Waals surface area contributed by atoms with Crippen molar-refractivity contribution in [1.82, 2.24) is 19.7 Å². The third kappa shape index (κ3) is 3.21. The summed E-state index contributed by atoms with van der Waals surface area (Å²) >= 11 is 0. The predicted octanol–water partition coefficient (Wildman–Crippen LogP) is 2.66. The number of likely N-dealkylation sites (tertiary alicyclic amines) is 1. The fraction of sp³-hybridized carbons (Fsp3) is 0.895. The van der Waals surface area contributed by atoms with E-state index in [0.29, 0.717) is 35.2 Å². The van der Waals surface area contributed by atoms with Gasteiger partial charge in [-0.05, 0) is 58.4 Å². The summed E-state index contributed by atoms with van der Waals surface area (Å²) in [6.45, 7) is 7.33. The van der Waals surface area contributed by atoms with E-state index >= 15 is 0 Å². The first kappa shape index (κ1) is 19.8. The lowest BCUT2D eigenvalue weighted by molar-refractivity contribution is -0.145. The summed E-state index contributed by atoms with van der Waals surface area (Å²) in [7, 11) is -2.83. The number of sulfone groups is 1. The van der Waals surface area contributed by atoms with Crippen molar-refractivity contribution in [3.8, 4) is 0 Å².